The summed E-state index contributed by atoms with van der Waals surface area (Å²) >= 11 is 0. The molecule has 1 fully saturated rings. The highest BCUT2D eigenvalue weighted by Gasteiger charge is 2.33. The Morgan fingerprint density at radius 1 is 1.53 bits per heavy atom. The Kier molecular flexibility index (Phi) is 3.34. The zero-order chi connectivity index (χ0) is 11.6. The van der Waals surface area contributed by atoms with Gasteiger partial charge in [-0.15, -0.1) is 0 Å². The van der Waals surface area contributed by atoms with Crippen LogP contribution in [0.1, 0.15) is 33.1 Å². The number of nitrogens with two attached hydrogens (primary N) is 1. The van der Waals surface area contributed by atoms with Gasteiger partial charge in [0.2, 0.25) is 5.91 Å². The molecule has 0 saturated heterocycles. The van der Waals surface area contributed by atoms with E-state index in [-0.39, 0.29) is 18.4 Å². The van der Waals surface area contributed by atoms with Gasteiger partial charge in [-0.3, -0.25) is 4.79 Å². The fourth-order valence-electron chi connectivity index (χ4n) is 1.36. The molecule has 1 aliphatic rings. The normalized spacial score (nSPS) is 18.3. The SMILES string of the molecule is CC(C)(NC(=O)CC(N)C1CC1)C(=O)O. The highest BCUT2D eigenvalue weighted by molar-refractivity contribution is 5.86. The molecule has 15 heavy (non-hydrogen) atoms. The zero-order valence-corrected chi connectivity index (χ0v) is 9.12. The van der Waals surface area contributed by atoms with Crippen molar-refractivity contribution in [2.75, 3.05) is 0 Å². The molecule has 5 heteroatoms. The monoisotopic (exact) mass is 214 g/mol. The van der Waals surface area contributed by atoms with Crippen LogP contribution in [0.4, 0.5) is 0 Å². The molecule has 5 nitrogen and oxygen atoms in total. The van der Waals surface area contributed by atoms with Crippen molar-refractivity contribution in [3.63, 3.8) is 0 Å². The minimum Gasteiger partial charge on any atom is -0.480 e. The molecule has 1 saturated carbocycles. The number of nitrogens with one attached hydrogen (secondary N) is 1. The van der Waals surface area contributed by atoms with E-state index in [2.05, 4.69) is 5.32 Å². The van der Waals surface area contributed by atoms with Crippen LogP contribution in [0.25, 0.3) is 0 Å². The summed E-state index contributed by atoms with van der Waals surface area (Å²) in [5, 5.41) is 11.3. The van der Waals surface area contributed by atoms with E-state index in [1.54, 1.807) is 0 Å². The van der Waals surface area contributed by atoms with Crippen molar-refractivity contribution in [3.8, 4) is 0 Å². The van der Waals surface area contributed by atoms with Crippen molar-refractivity contribution in [2.45, 2.75) is 44.7 Å². The summed E-state index contributed by atoms with van der Waals surface area (Å²) in [6.07, 6.45) is 2.37. The van der Waals surface area contributed by atoms with Crippen molar-refractivity contribution < 1.29 is 14.7 Å². The van der Waals surface area contributed by atoms with Crippen LogP contribution in [0.15, 0.2) is 0 Å². The molecule has 1 aliphatic carbocycles. The summed E-state index contributed by atoms with van der Waals surface area (Å²) in [4.78, 5) is 22.2. The number of aliphatic carboxylic acids is 1. The highest BCUT2D eigenvalue weighted by Crippen LogP contribution is 2.32. The van der Waals surface area contributed by atoms with Crippen LogP contribution < -0.4 is 11.1 Å². The van der Waals surface area contributed by atoms with Gasteiger partial charge in [0, 0.05) is 12.5 Å². The lowest BCUT2D eigenvalue weighted by Gasteiger charge is -2.22. The Balaban J connectivity index is 2.37. The van der Waals surface area contributed by atoms with Gasteiger partial charge in [0.15, 0.2) is 0 Å². The molecule has 4 N–H and O–H groups in total. The zero-order valence-electron chi connectivity index (χ0n) is 9.12. The average Bonchev–Trinajstić information content (AvgIpc) is 2.83. The Hall–Kier alpha value is -1.10. The van der Waals surface area contributed by atoms with E-state index in [4.69, 9.17) is 10.8 Å². The van der Waals surface area contributed by atoms with Gasteiger partial charge in [-0.25, -0.2) is 4.79 Å². The van der Waals surface area contributed by atoms with Gasteiger partial charge in [0.1, 0.15) is 5.54 Å². The standard InChI is InChI=1S/C10H18N2O3/c1-10(2,9(14)15)12-8(13)5-7(11)6-3-4-6/h6-7H,3-5,11H2,1-2H3,(H,12,13)(H,14,15). The summed E-state index contributed by atoms with van der Waals surface area (Å²) in [5.41, 5.74) is 4.54. The fraction of sp³-hybridized carbons (Fsp3) is 0.800. The third-order valence-electron chi connectivity index (χ3n) is 2.64. The Morgan fingerprint density at radius 2 is 2.07 bits per heavy atom. The molecule has 0 bridgehead atoms. The lowest BCUT2D eigenvalue weighted by atomic mass is 10.0. The summed E-state index contributed by atoms with van der Waals surface area (Å²) in [6.45, 7) is 2.91. The molecular weight excluding hydrogens is 196 g/mol. The predicted molar refractivity (Wildman–Crippen MR) is 55.2 cm³/mol. The molecule has 0 radical (unpaired) electrons. The first-order valence-corrected chi connectivity index (χ1v) is 5.13. The summed E-state index contributed by atoms with van der Waals surface area (Å²) in [5.74, 6) is -0.888. The third-order valence-corrected chi connectivity index (χ3v) is 2.64. The maximum Gasteiger partial charge on any atom is 0.328 e. The molecule has 1 rings (SSSR count). The Labute approximate surface area is 89.0 Å². The van der Waals surface area contributed by atoms with Crippen molar-refractivity contribution in [3.05, 3.63) is 0 Å². The molecule has 86 valence electrons. The number of rotatable bonds is 5. The molecule has 1 atom stereocenters. The molecule has 0 aliphatic heterocycles. The summed E-state index contributed by atoms with van der Waals surface area (Å²) in [6, 6.07) is -0.130. The molecule has 0 aromatic rings. The maximum atomic E-state index is 11.5. The fourth-order valence-corrected chi connectivity index (χ4v) is 1.36. The summed E-state index contributed by atoms with van der Waals surface area (Å²) < 4.78 is 0. The smallest absolute Gasteiger partial charge is 0.328 e. The highest BCUT2D eigenvalue weighted by atomic mass is 16.4. The van der Waals surface area contributed by atoms with Crippen LogP contribution >= 0.6 is 0 Å². The van der Waals surface area contributed by atoms with E-state index < -0.39 is 11.5 Å². The Morgan fingerprint density at radius 3 is 2.47 bits per heavy atom. The van der Waals surface area contributed by atoms with E-state index >= 15 is 0 Å². The largest absolute Gasteiger partial charge is 0.480 e. The first kappa shape index (κ1) is 12.0. The van der Waals surface area contributed by atoms with Crippen LogP contribution in [-0.2, 0) is 9.59 Å². The third kappa shape index (κ3) is 3.51. The van der Waals surface area contributed by atoms with Crippen molar-refractivity contribution in [1.82, 2.24) is 5.32 Å². The van der Waals surface area contributed by atoms with Crippen molar-refractivity contribution in [1.29, 1.82) is 0 Å². The molecule has 0 heterocycles. The van der Waals surface area contributed by atoms with Gasteiger partial charge in [-0.05, 0) is 32.6 Å². The molecule has 1 amide bonds. The topological polar surface area (TPSA) is 92.4 Å². The lowest BCUT2D eigenvalue weighted by Crippen LogP contribution is -2.50. The van der Waals surface area contributed by atoms with Gasteiger partial charge in [0.25, 0.3) is 0 Å². The van der Waals surface area contributed by atoms with E-state index in [1.807, 2.05) is 0 Å². The maximum absolute atomic E-state index is 11.5. The number of carboxylic acids is 1. The molecular formula is C10H18N2O3. The van der Waals surface area contributed by atoms with Gasteiger partial charge in [-0.1, -0.05) is 0 Å². The van der Waals surface area contributed by atoms with Gasteiger partial charge in [0.05, 0.1) is 0 Å². The lowest BCUT2D eigenvalue weighted by molar-refractivity contribution is -0.146. The van der Waals surface area contributed by atoms with Crippen LogP contribution in [-0.4, -0.2) is 28.6 Å². The number of amides is 1. The predicted octanol–water partition coefficient (Wildman–Crippen LogP) is 0.0932. The van der Waals surface area contributed by atoms with Crippen molar-refractivity contribution >= 4 is 11.9 Å². The van der Waals surface area contributed by atoms with E-state index in [0.717, 1.165) is 12.8 Å². The molecule has 1 unspecified atom stereocenters. The first-order chi connectivity index (χ1) is 6.83. The van der Waals surface area contributed by atoms with Crippen LogP contribution in [0.3, 0.4) is 0 Å². The second kappa shape index (κ2) is 4.18. The second-order valence-electron chi connectivity index (χ2n) is 4.68. The van der Waals surface area contributed by atoms with Gasteiger partial charge < -0.3 is 16.2 Å². The van der Waals surface area contributed by atoms with Gasteiger partial charge in [-0.2, -0.15) is 0 Å². The quantitative estimate of drug-likeness (QED) is 0.605. The first-order valence-electron chi connectivity index (χ1n) is 5.13. The number of hydrogen-bond donors (Lipinski definition) is 3. The van der Waals surface area contributed by atoms with Crippen LogP contribution in [0, 0.1) is 5.92 Å². The molecule has 0 aromatic heterocycles. The average molecular weight is 214 g/mol. The van der Waals surface area contributed by atoms with E-state index in [0.29, 0.717) is 5.92 Å². The number of hydrogen-bond acceptors (Lipinski definition) is 3. The minimum absolute atomic E-state index is 0.130. The number of carbonyl (C=O) groups is 2. The second-order valence-corrected chi connectivity index (χ2v) is 4.68. The van der Waals surface area contributed by atoms with E-state index in [1.165, 1.54) is 13.8 Å². The van der Waals surface area contributed by atoms with Crippen molar-refractivity contribution in [2.24, 2.45) is 11.7 Å². The van der Waals surface area contributed by atoms with Crippen LogP contribution in [0.2, 0.25) is 0 Å². The number of carboxylic acid groups (broad SMARTS) is 1. The number of carbonyl (C=O) groups excluding carboxylic acids is 1. The molecule has 0 aromatic carbocycles. The minimum atomic E-state index is -1.22. The summed E-state index contributed by atoms with van der Waals surface area (Å²) in [7, 11) is 0. The van der Waals surface area contributed by atoms with Crippen LogP contribution in [0.5, 0.6) is 0 Å². The molecule has 0 spiro atoms. The Bertz CT molecular complexity index is 272. The van der Waals surface area contributed by atoms with E-state index in [9.17, 15) is 9.59 Å². The van der Waals surface area contributed by atoms with Gasteiger partial charge >= 0.3 is 5.97 Å².